The van der Waals surface area contributed by atoms with E-state index in [1.54, 1.807) is 12.1 Å². The van der Waals surface area contributed by atoms with Gasteiger partial charge in [0.05, 0.1) is 0 Å². The highest BCUT2D eigenvalue weighted by Gasteiger charge is 2.32. The van der Waals surface area contributed by atoms with Crippen molar-refractivity contribution in [2.24, 2.45) is 11.1 Å². The van der Waals surface area contributed by atoms with Crippen LogP contribution in [0, 0.1) is 5.41 Å². The first-order valence-electron chi connectivity index (χ1n) is 8.92. The molecule has 0 unspecified atom stereocenters. The molecule has 140 valence electrons. The number of benzene rings is 1. The number of carbonyl (C=O) groups excluding carboxylic acids is 2. The average Bonchev–Trinajstić information content (AvgIpc) is 2.61. The molecular weight excluding hydrogens is 338 g/mol. The summed E-state index contributed by atoms with van der Waals surface area (Å²) in [6.45, 7) is 3.57. The first-order chi connectivity index (χ1) is 11.6. The normalized spacial score (nSPS) is 15.8. The Hall–Kier alpha value is -1.59. The summed E-state index contributed by atoms with van der Waals surface area (Å²) in [6, 6.07) is 7.33. The van der Waals surface area contributed by atoms with Gasteiger partial charge in [0.15, 0.2) is 0 Å². The second kappa shape index (κ2) is 10.4. The Morgan fingerprint density at radius 3 is 2.28 bits per heavy atom. The number of nitrogens with two attached hydrogens (primary N) is 1. The zero-order valence-electron chi connectivity index (χ0n) is 15.0. The molecule has 2 amide bonds. The fourth-order valence-electron chi connectivity index (χ4n) is 3.40. The molecule has 1 aliphatic carbocycles. The van der Waals surface area contributed by atoms with E-state index >= 15 is 0 Å². The highest BCUT2D eigenvalue weighted by atomic mass is 35.5. The number of nitrogens with one attached hydrogen (secondary N) is 2. The van der Waals surface area contributed by atoms with Crippen LogP contribution < -0.4 is 16.4 Å². The third kappa shape index (κ3) is 6.33. The van der Waals surface area contributed by atoms with E-state index in [0.717, 1.165) is 18.4 Å². The predicted octanol–water partition coefficient (Wildman–Crippen LogP) is 2.77. The van der Waals surface area contributed by atoms with Crippen LogP contribution in [0.1, 0.15) is 61.4 Å². The van der Waals surface area contributed by atoms with E-state index in [1.807, 2.05) is 19.1 Å². The van der Waals surface area contributed by atoms with E-state index < -0.39 is 0 Å². The lowest BCUT2D eigenvalue weighted by Crippen LogP contribution is -2.38. The van der Waals surface area contributed by atoms with Gasteiger partial charge in [-0.3, -0.25) is 9.59 Å². The average molecular weight is 368 g/mol. The van der Waals surface area contributed by atoms with Gasteiger partial charge in [-0.2, -0.15) is 0 Å². The van der Waals surface area contributed by atoms with Crippen molar-refractivity contribution in [1.82, 2.24) is 10.6 Å². The van der Waals surface area contributed by atoms with Gasteiger partial charge in [-0.05, 0) is 49.4 Å². The van der Waals surface area contributed by atoms with Crippen LogP contribution in [0.15, 0.2) is 24.3 Å². The van der Waals surface area contributed by atoms with Gasteiger partial charge in [-0.1, -0.05) is 31.4 Å². The second-order valence-electron chi connectivity index (χ2n) is 6.77. The molecule has 0 heterocycles. The third-order valence-electron chi connectivity index (χ3n) is 4.93. The molecule has 1 aliphatic rings. The molecule has 4 N–H and O–H groups in total. The Kier molecular flexibility index (Phi) is 8.93. The van der Waals surface area contributed by atoms with Gasteiger partial charge < -0.3 is 16.4 Å². The van der Waals surface area contributed by atoms with Gasteiger partial charge >= 0.3 is 0 Å². The first kappa shape index (κ1) is 21.5. The molecule has 0 aromatic heterocycles. The molecule has 0 radical (unpaired) electrons. The van der Waals surface area contributed by atoms with Gasteiger partial charge in [0.25, 0.3) is 5.91 Å². The lowest BCUT2D eigenvalue weighted by molar-refractivity contribution is -0.124. The number of amides is 2. The zero-order chi connectivity index (χ0) is 17.4. The van der Waals surface area contributed by atoms with Crippen molar-refractivity contribution in [1.29, 1.82) is 0 Å². The van der Waals surface area contributed by atoms with Crippen LogP contribution in [0.2, 0.25) is 0 Å². The van der Waals surface area contributed by atoms with E-state index in [1.165, 1.54) is 19.3 Å². The van der Waals surface area contributed by atoms with Crippen molar-refractivity contribution < 1.29 is 9.59 Å². The van der Waals surface area contributed by atoms with Gasteiger partial charge in [-0.25, -0.2) is 0 Å². The Bertz CT molecular complexity index is 554. The minimum Gasteiger partial charge on any atom is -0.352 e. The van der Waals surface area contributed by atoms with Gasteiger partial charge in [0.2, 0.25) is 5.91 Å². The smallest absolute Gasteiger partial charge is 0.251 e. The van der Waals surface area contributed by atoms with Crippen LogP contribution in [0.3, 0.4) is 0 Å². The zero-order valence-corrected chi connectivity index (χ0v) is 15.8. The molecule has 1 fully saturated rings. The number of rotatable bonds is 7. The fourth-order valence-corrected chi connectivity index (χ4v) is 3.40. The number of carbonyl (C=O) groups is 2. The lowest BCUT2D eigenvalue weighted by atomic mass is 9.71. The molecule has 0 aliphatic heterocycles. The minimum atomic E-state index is -0.0738. The first-order valence-corrected chi connectivity index (χ1v) is 8.92. The highest BCUT2D eigenvalue weighted by Crippen LogP contribution is 2.38. The van der Waals surface area contributed by atoms with Crippen molar-refractivity contribution >= 4 is 24.2 Å². The molecule has 0 spiro atoms. The SMILES string of the molecule is CCNC(=O)c1ccc(CNC(=O)CC2(CN)CCCCC2)cc1.Cl. The predicted molar refractivity (Wildman–Crippen MR) is 103 cm³/mol. The maximum absolute atomic E-state index is 12.3. The molecular formula is C19H30ClN3O2. The summed E-state index contributed by atoms with van der Waals surface area (Å²) in [5.74, 6) is -0.00887. The summed E-state index contributed by atoms with van der Waals surface area (Å²) in [5, 5.41) is 5.75. The van der Waals surface area contributed by atoms with Crippen LogP contribution >= 0.6 is 12.4 Å². The summed E-state index contributed by atoms with van der Waals surface area (Å²) in [4.78, 5) is 24.0. The van der Waals surface area contributed by atoms with E-state index in [2.05, 4.69) is 10.6 Å². The summed E-state index contributed by atoms with van der Waals surface area (Å²) in [6.07, 6.45) is 6.22. The Morgan fingerprint density at radius 1 is 1.08 bits per heavy atom. The molecule has 1 aromatic carbocycles. The molecule has 5 nitrogen and oxygen atoms in total. The quantitative estimate of drug-likeness (QED) is 0.692. The summed E-state index contributed by atoms with van der Waals surface area (Å²) < 4.78 is 0. The molecule has 0 bridgehead atoms. The van der Waals surface area contributed by atoms with Crippen LogP contribution in [0.4, 0.5) is 0 Å². The van der Waals surface area contributed by atoms with Crippen molar-refractivity contribution in [3.05, 3.63) is 35.4 Å². The van der Waals surface area contributed by atoms with Crippen molar-refractivity contribution in [3.8, 4) is 0 Å². The van der Waals surface area contributed by atoms with Crippen LogP contribution in [-0.2, 0) is 11.3 Å². The van der Waals surface area contributed by atoms with Gasteiger partial charge in [0, 0.05) is 25.1 Å². The fraction of sp³-hybridized carbons (Fsp3) is 0.579. The summed E-state index contributed by atoms with van der Waals surface area (Å²) in [7, 11) is 0. The Labute approximate surface area is 156 Å². The summed E-state index contributed by atoms with van der Waals surface area (Å²) >= 11 is 0. The Morgan fingerprint density at radius 2 is 1.72 bits per heavy atom. The van der Waals surface area contributed by atoms with Crippen molar-refractivity contribution in [2.45, 2.75) is 52.0 Å². The maximum Gasteiger partial charge on any atom is 0.251 e. The van der Waals surface area contributed by atoms with Crippen LogP contribution in [-0.4, -0.2) is 24.9 Å². The molecule has 0 saturated heterocycles. The number of halogens is 1. The summed E-state index contributed by atoms with van der Waals surface area (Å²) in [5.41, 5.74) is 7.56. The van der Waals surface area contributed by atoms with Crippen LogP contribution in [0.25, 0.3) is 0 Å². The van der Waals surface area contributed by atoms with Crippen molar-refractivity contribution in [3.63, 3.8) is 0 Å². The van der Waals surface area contributed by atoms with Gasteiger partial charge in [-0.15, -0.1) is 12.4 Å². The van der Waals surface area contributed by atoms with E-state index in [-0.39, 0.29) is 29.6 Å². The molecule has 2 rings (SSSR count). The largest absolute Gasteiger partial charge is 0.352 e. The third-order valence-corrected chi connectivity index (χ3v) is 4.93. The lowest BCUT2D eigenvalue weighted by Gasteiger charge is -2.35. The minimum absolute atomic E-state index is 0. The molecule has 25 heavy (non-hydrogen) atoms. The number of hydrogen-bond acceptors (Lipinski definition) is 3. The monoisotopic (exact) mass is 367 g/mol. The number of hydrogen-bond donors (Lipinski definition) is 3. The highest BCUT2D eigenvalue weighted by molar-refractivity contribution is 5.94. The van der Waals surface area contributed by atoms with Crippen LogP contribution in [0.5, 0.6) is 0 Å². The Balaban J connectivity index is 0.00000312. The van der Waals surface area contributed by atoms with Crippen molar-refractivity contribution in [2.75, 3.05) is 13.1 Å². The molecule has 1 aromatic rings. The molecule has 0 atom stereocenters. The topological polar surface area (TPSA) is 84.2 Å². The van der Waals surface area contributed by atoms with E-state index in [9.17, 15) is 9.59 Å². The van der Waals surface area contributed by atoms with E-state index in [4.69, 9.17) is 5.73 Å². The standard InChI is InChI=1S/C19H29N3O2.ClH/c1-2-21-18(24)16-8-6-15(7-9-16)13-22-17(23)12-19(14-20)10-4-3-5-11-19;/h6-9H,2-5,10-14,20H2,1H3,(H,21,24)(H,22,23);1H. The van der Waals surface area contributed by atoms with E-state index in [0.29, 0.717) is 31.6 Å². The molecule has 1 saturated carbocycles. The molecule has 6 heteroatoms. The second-order valence-corrected chi connectivity index (χ2v) is 6.77. The maximum atomic E-state index is 12.3. The van der Waals surface area contributed by atoms with Gasteiger partial charge in [0.1, 0.15) is 0 Å².